The van der Waals surface area contributed by atoms with E-state index in [4.69, 9.17) is 0 Å². The van der Waals surface area contributed by atoms with Crippen LogP contribution in [0.1, 0.15) is 5.56 Å². The zero-order valence-corrected chi connectivity index (χ0v) is 8.77. The molecule has 15 heavy (non-hydrogen) atoms. The number of carbonyl (C=O) groups is 1. The Labute approximate surface area is 89.8 Å². The Balaban J connectivity index is 2.48. The normalized spacial score (nSPS) is 11.8. The third-order valence-electron chi connectivity index (χ3n) is 2.06. The number of methoxy groups -OCH3 is 1. The van der Waals surface area contributed by atoms with Gasteiger partial charge in [0.2, 0.25) is 0 Å². The van der Waals surface area contributed by atoms with Crippen molar-refractivity contribution in [3.8, 4) is 0 Å². The standard InChI is InChI=1S/C12H15NO2/c1-3-11(12(14)15-2)13-9-10-7-5-4-6-8-10/h3-8,11,13H,1,9H2,2H3. The summed E-state index contributed by atoms with van der Waals surface area (Å²) >= 11 is 0. The lowest BCUT2D eigenvalue weighted by atomic mass is 10.2. The maximum absolute atomic E-state index is 11.2. The first-order valence-corrected chi connectivity index (χ1v) is 4.75. The van der Waals surface area contributed by atoms with Gasteiger partial charge in [-0.15, -0.1) is 6.58 Å². The minimum atomic E-state index is -0.449. The molecule has 0 fully saturated rings. The minimum absolute atomic E-state index is 0.319. The molecule has 1 rings (SSSR count). The molecule has 80 valence electrons. The Kier molecular flexibility index (Phi) is 4.57. The first kappa shape index (κ1) is 11.5. The van der Waals surface area contributed by atoms with Gasteiger partial charge in [-0.1, -0.05) is 36.4 Å². The summed E-state index contributed by atoms with van der Waals surface area (Å²) in [5.74, 6) is -0.319. The zero-order chi connectivity index (χ0) is 11.1. The summed E-state index contributed by atoms with van der Waals surface area (Å²) in [6.45, 7) is 4.20. The van der Waals surface area contributed by atoms with E-state index in [0.717, 1.165) is 5.56 Å². The van der Waals surface area contributed by atoms with E-state index < -0.39 is 6.04 Å². The van der Waals surface area contributed by atoms with Crippen molar-refractivity contribution in [1.82, 2.24) is 5.32 Å². The summed E-state index contributed by atoms with van der Waals surface area (Å²) < 4.78 is 4.62. The van der Waals surface area contributed by atoms with Crippen LogP contribution in [0.2, 0.25) is 0 Å². The molecule has 0 radical (unpaired) electrons. The molecule has 1 atom stereocenters. The van der Waals surface area contributed by atoms with Crippen molar-refractivity contribution in [2.45, 2.75) is 12.6 Å². The van der Waals surface area contributed by atoms with Crippen LogP contribution < -0.4 is 5.32 Å². The predicted octanol–water partition coefficient (Wildman–Crippen LogP) is 1.50. The molecule has 1 N–H and O–H groups in total. The SMILES string of the molecule is C=CC(NCc1ccccc1)C(=O)OC. The number of hydrogen-bond acceptors (Lipinski definition) is 3. The van der Waals surface area contributed by atoms with E-state index in [1.54, 1.807) is 0 Å². The molecule has 0 aromatic heterocycles. The fraction of sp³-hybridized carbons (Fsp3) is 0.250. The second-order valence-electron chi connectivity index (χ2n) is 3.10. The third-order valence-corrected chi connectivity index (χ3v) is 2.06. The lowest BCUT2D eigenvalue weighted by Crippen LogP contribution is -2.35. The smallest absolute Gasteiger partial charge is 0.326 e. The van der Waals surface area contributed by atoms with Crippen LogP contribution in [0.25, 0.3) is 0 Å². The van der Waals surface area contributed by atoms with Gasteiger partial charge < -0.3 is 4.74 Å². The van der Waals surface area contributed by atoms with Crippen LogP contribution >= 0.6 is 0 Å². The topological polar surface area (TPSA) is 38.3 Å². The van der Waals surface area contributed by atoms with Crippen LogP contribution in [0.3, 0.4) is 0 Å². The van der Waals surface area contributed by atoms with E-state index in [9.17, 15) is 4.79 Å². The molecule has 1 aromatic rings. The van der Waals surface area contributed by atoms with Crippen molar-refractivity contribution in [2.75, 3.05) is 7.11 Å². The highest BCUT2D eigenvalue weighted by Gasteiger charge is 2.13. The summed E-state index contributed by atoms with van der Waals surface area (Å²) in [4.78, 5) is 11.2. The summed E-state index contributed by atoms with van der Waals surface area (Å²) in [6.07, 6.45) is 1.54. The summed E-state index contributed by atoms with van der Waals surface area (Å²) in [5.41, 5.74) is 1.12. The van der Waals surface area contributed by atoms with Gasteiger partial charge in [0.1, 0.15) is 6.04 Å². The molecule has 0 aliphatic heterocycles. The monoisotopic (exact) mass is 205 g/mol. The van der Waals surface area contributed by atoms with Crippen LogP contribution in [0.5, 0.6) is 0 Å². The number of benzene rings is 1. The van der Waals surface area contributed by atoms with Gasteiger partial charge in [-0.05, 0) is 5.56 Å². The average Bonchev–Trinajstić information content (AvgIpc) is 2.31. The largest absolute Gasteiger partial charge is 0.468 e. The van der Waals surface area contributed by atoms with Crippen molar-refractivity contribution in [2.24, 2.45) is 0 Å². The lowest BCUT2D eigenvalue weighted by molar-refractivity contribution is -0.141. The van der Waals surface area contributed by atoms with Crippen LogP contribution in [0.4, 0.5) is 0 Å². The third kappa shape index (κ3) is 3.56. The quantitative estimate of drug-likeness (QED) is 0.585. The van der Waals surface area contributed by atoms with Gasteiger partial charge >= 0.3 is 5.97 Å². The van der Waals surface area contributed by atoms with Gasteiger partial charge in [-0.25, -0.2) is 0 Å². The molecule has 0 amide bonds. The minimum Gasteiger partial charge on any atom is -0.468 e. The molecule has 3 nitrogen and oxygen atoms in total. The van der Waals surface area contributed by atoms with Gasteiger partial charge in [-0.3, -0.25) is 10.1 Å². The molecule has 1 aromatic carbocycles. The van der Waals surface area contributed by atoms with E-state index in [-0.39, 0.29) is 5.97 Å². The fourth-order valence-electron chi connectivity index (χ4n) is 1.21. The van der Waals surface area contributed by atoms with Crippen molar-refractivity contribution >= 4 is 5.97 Å². The molecule has 1 unspecified atom stereocenters. The van der Waals surface area contributed by atoms with Gasteiger partial charge in [0.25, 0.3) is 0 Å². The van der Waals surface area contributed by atoms with E-state index in [1.165, 1.54) is 13.2 Å². The van der Waals surface area contributed by atoms with Gasteiger partial charge in [0, 0.05) is 6.54 Å². The van der Waals surface area contributed by atoms with Crippen molar-refractivity contribution < 1.29 is 9.53 Å². The number of carbonyl (C=O) groups excluding carboxylic acids is 1. The van der Waals surface area contributed by atoms with Crippen molar-refractivity contribution in [1.29, 1.82) is 0 Å². The highest BCUT2D eigenvalue weighted by molar-refractivity contribution is 5.77. The van der Waals surface area contributed by atoms with E-state index in [1.807, 2.05) is 30.3 Å². The summed E-state index contributed by atoms with van der Waals surface area (Å²) in [7, 11) is 1.36. The van der Waals surface area contributed by atoms with Gasteiger partial charge in [-0.2, -0.15) is 0 Å². The number of esters is 1. The van der Waals surface area contributed by atoms with Crippen LogP contribution in [-0.4, -0.2) is 19.1 Å². The van der Waals surface area contributed by atoms with Crippen LogP contribution in [0.15, 0.2) is 43.0 Å². The highest BCUT2D eigenvalue weighted by Crippen LogP contribution is 1.99. The summed E-state index contributed by atoms with van der Waals surface area (Å²) in [5, 5.41) is 3.04. The van der Waals surface area contributed by atoms with Crippen LogP contribution in [-0.2, 0) is 16.1 Å². The Bertz CT molecular complexity index is 322. The number of hydrogen-bond donors (Lipinski definition) is 1. The van der Waals surface area contributed by atoms with E-state index >= 15 is 0 Å². The number of nitrogens with one attached hydrogen (secondary N) is 1. The average molecular weight is 205 g/mol. The predicted molar refractivity (Wildman–Crippen MR) is 59.3 cm³/mol. The molecule has 0 saturated carbocycles. The molecule has 0 saturated heterocycles. The Morgan fingerprint density at radius 2 is 2.20 bits per heavy atom. The second kappa shape index (κ2) is 5.98. The summed E-state index contributed by atoms with van der Waals surface area (Å²) in [6, 6.07) is 9.40. The van der Waals surface area contributed by atoms with Crippen molar-refractivity contribution in [3.63, 3.8) is 0 Å². The molecule has 0 aliphatic carbocycles. The molecule has 0 bridgehead atoms. The number of rotatable bonds is 5. The number of ether oxygens (including phenoxy) is 1. The fourth-order valence-corrected chi connectivity index (χ4v) is 1.21. The first-order valence-electron chi connectivity index (χ1n) is 4.75. The molecular weight excluding hydrogens is 190 g/mol. The lowest BCUT2D eigenvalue weighted by Gasteiger charge is -2.11. The molecule has 0 heterocycles. The molecular formula is C12H15NO2. The second-order valence-corrected chi connectivity index (χ2v) is 3.10. The Morgan fingerprint density at radius 3 is 2.73 bits per heavy atom. The molecule has 0 aliphatic rings. The maximum atomic E-state index is 11.2. The maximum Gasteiger partial charge on any atom is 0.326 e. The van der Waals surface area contributed by atoms with Crippen LogP contribution in [0, 0.1) is 0 Å². The Hall–Kier alpha value is -1.61. The van der Waals surface area contributed by atoms with E-state index in [0.29, 0.717) is 6.54 Å². The van der Waals surface area contributed by atoms with E-state index in [2.05, 4.69) is 16.6 Å². The molecule has 3 heteroatoms. The first-order chi connectivity index (χ1) is 7.27. The Morgan fingerprint density at radius 1 is 1.53 bits per heavy atom. The zero-order valence-electron chi connectivity index (χ0n) is 8.77. The van der Waals surface area contributed by atoms with Gasteiger partial charge in [0.05, 0.1) is 7.11 Å². The van der Waals surface area contributed by atoms with Gasteiger partial charge in [0.15, 0.2) is 0 Å². The van der Waals surface area contributed by atoms with Crippen molar-refractivity contribution in [3.05, 3.63) is 48.6 Å². The highest BCUT2D eigenvalue weighted by atomic mass is 16.5. The molecule has 0 spiro atoms.